The third-order valence-electron chi connectivity index (χ3n) is 3.09. The van der Waals surface area contributed by atoms with E-state index in [1.807, 2.05) is 13.8 Å². The van der Waals surface area contributed by atoms with Gasteiger partial charge in [-0.15, -0.1) is 0 Å². The Hall–Kier alpha value is -1.51. The summed E-state index contributed by atoms with van der Waals surface area (Å²) in [5, 5.41) is 19.4. The van der Waals surface area contributed by atoms with Crippen LogP contribution < -0.4 is 0 Å². The van der Waals surface area contributed by atoms with E-state index < -0.39 is 0 Å². The van der Waals surface area contributed by atoms with E-state index in [9.17, 15) is 15.0 Å². The lowest BCUT2D eigenvalue weighted by molar-refractivity contribution is 0.0952. The first-order valence-electron chi connectivity index (χ1n) is 5.02. The molecule has 1 aliphatic carbocycles. The van der Waals surface area contributed by atoms with Crippen molar-refractivity contribution in [1.82, 2.24) is 0 Å². The predicted octanol–water partition coefficient (Wildman–Crippen LogP) is 2.35. The number of phenols is 2. The van der Waals surface area contributed by atoms with Crippen LogP contribution in [-0.2, 0) is 5.41 Å². The molecule has 2 N–H and O–H groups in total. The maximum Gasteiger partial charge on any atom is 0.167 e. The van der Waals surface area contributed by atoms with Gasteiger partial charge in [0.15, 0.2) is 5.78 Å². The lowest BCUT2D eigenvalue weighted by atomic mass is 9.71. The van der Waals surface area contributed by atoms with Crippen LogP contribution in [0.4, 0.5) is 0 Å². The average molecular weight is 206 g/mol. The molecular formula is C12H14O3. The molecule has 3 heteroatoms. The number of ketones is 1. The molecule has 15 heavy (non-hydrogen) atoms. The Morgan fingerprint density at radius 2 is 1.80 bits per heavy atom. The molecule has 0 aromatic heterocycles. The van der Waals surface area contributed by atoms with E-state index in [1.165, 1.54) is 12.1 Å². The van der Waals surface area contributed by atoms with Crippen LogP contribution in [-0.4, -0.2) is 16.0 Å². The normalized spacial score (nSPS) is 18.7. The maximum absolute atomic E-state index is 11.7. The Balaban J connectivity index is 2.77. The molecule has 0 atom stereocenters. The molecule has 80 valence electrons. The van der Waals surface area contributed by atoms with Crippen LogP contribution in [0.3, 0.4) is 0 Å². The van der Waals surface area contributed by atoms with Crippen molar-refractivity contribution in [3.63, 3.8) is 0 Å². The number of fused-ring (bicyclic) bond motifs is 1. The zero-order chi connectivity index (χ0) is 11.2. The highest BCUT2D eigenvalue weighted by Gasteiger charge is 2.35. The third-order valence-corrected chi connectivity index (χ3v) is 3.09. The van der Waals surface area contributed by atoms with Gasteiger partial charge in [0, 0.05) is 12.0 Å². The van der Waals surface area contributed by atoms with Gasteiger partial charge in [0.2, 0.25) is 0 Å². The lowest BCUT2D eigenvalue weighted by Crippen LogP contribution is -2.27. The molecular weight excluding hydrogens is 192 g/mol. The van der Waals surface area contributed by atoms with Crippen molar-refractivity contribution < 1.29 is 15.0 Å². The Morgan fingerprint density at radius 3 is 2.40 bits per heavy atom. The summed E-state index contributed by atoms with van der Waals surface area (Å²) in [7, 11) is 0. The summed E-state index contributed by atoms with van der Waals surface area (Å²) in [4.78, 5) is 11.7. The lowest BCUT2D eigenvalue weighted by Gasteiger charge is -2.32. The van der Waals surface area contributed by atoms with Crippen molar-refractivity contribution in [2.24, 2.45) is 0 Å². The largest absolute Gasteiger partial charge is 0.508 e. The molecule has 1 aromatic carbocycles. The fraction of sp³-hybridized carbons (Fsp3) is 0.417. The van der Waals surface area contributed by atoms with Crippen LogP contribution >= 0.6 is 0 Å². The van der Waals surface area contributed by atoms with Gasteiger partial charge in [0.05, 0.1) is 5.56 Å². The second-order valence-electron chi connectivity index (χ2n) is 4.66. The smallest absolute Gasteiger partial charge is 0.167 e. The van der Waals surface area contributed by atoms with Crippen molar-refractivity contribution in [2.75, 3.05) is 0 Å². The van der Waals surface area contributed by atoms with Gasteiger partial charge in [-0.3, -0.25) is 4.79 Å². The van der Waals surface area contributed by atoms with E-state index in [2.05, 4.69) is 0 Å². The number of rotatable bonds is 0. The molecule has 0 saturated heterocycles. The van der Waals surface area contributed by atoms with Crippen molar-refractivity contribution in [3.05, 3.63) is 23.3 Å². The second-order valence-corrected chi connectivity index (χ2v) is 4.66. The van der Waals surface area contributed by atoms with Crippen LogP contribution in [0.15, 0.2) is 12.1 Å². The standard InChI is InChI=1S/C12H14O3/c1-12(2)6-5-8(14)10-7(13)3-4-9(15)11(10)12/h3-4,13,15H,5-6H2,1-2H3. The summed E-state index contributed by atoms with van der Waals surface area (Å²) in [6, 6.07) is 2.81. The van der Waals surface area contributed by atoms with Gasteiger partial charge in [0.1, 0.15) is 11.5 Å². The summed E-state index contributed by atoms with van der Waals surface area (Å²) in [5.41, 5.74) is 0.622. The first-order chi connectivity index (χ1) is 6.93. The third kappa shape index (κ3) is 1.39. The van der Waals surface area contributed by atoms with Crippen LogP contribution in [0, 0.1) is 0 Å². The number of hydrogen-bond acceptors (Lipinski definition) is 3. The summed E-state index contributed by atoms with van der Waals surface area (Å²) in [6.07, 6.45) is 1.13. The monoisotopic (exact) mass is 206 g/mol. The molecule has 2 rings (SSSR count). The zero-order valence-electron chi connectivity index (χ0n) is 8.87. The topological polar surface area (TPSA) is 57.5 Å². The van der Waals surface area contributed by atoms with Crippen molar-refractivity contribution in [1.29, 1.82) is 0 Å². The van der Waals surface area contributed by atoms with Gasteiger partial charge in [-0.2, -0.15) is 0 Å². The molecule has 1 aliphatic rings. The summed E-state index contributed by atoms with van der Waals surface area (Å²) in [6.45, 7) is 3.94. The van der Waals surface area contributed by atoms with Gasteiger partial charge < -0.3 is 10.2 Å². The summed E-state index contributed by atoms with van der Waals surface area (Å²) in [5.74, 6) is -0.0147. The van der Waals surface area contributed by atoms with Gasteiger partial charge in [-0.05, 0) is 24.0 Å². The Morgan fingerprint density at radius 1 is 1.20 bits per heavy atom. The van der Waals surface area contributed by atoms with Crippen LogP contribution in [0.5, 0.6) is 11.5 Å². The molecule has 0 fully saturated rings. The second kappa shape index (κ2) is 2.99. The number of carbonyl (C=O) groups is 1. The fourth-order valence-electron chi connectivity index (χ4n) is 2.22. The number of aromatic hydroxyl groups is 2. The Bertz CT molecular complexity index is 433. The highest BCUT2D eigenvalue weighted by Crippen LogP contribution is 2.44. The first kappa shape index (κ1) is 10.0. The van der Waals surface area contributed by atoms with Crippen molar-refractivity contribution in [3.8, 4) is 11.5 Å². The van der Waals surface area contributed by atoms with Crippen LogP contribution in [0.2, 0.25) is 0 Å². The van der Waals surface area contributed by atoms with Gasteiger partial charge in [-0.1, -0.05) is 13.8 Å². The highest BCUT2D eigenvalue weighted by molar-refractivity contribution is 6.02. The average Bonchev–Trinajstić information content (AvgIpc) is 2.16. The van der Waals surface area contributed by atoms with Crippen LogP contribution in [0.25, 0.3) is 0 Å². The molecule has 0 radical (unpaired) electrons. The molecule has 1 aromatic rings. The van der Waals surface area contributed by atoms with Crippen molar-refractivity contribution >= 4 is 5.78 Å². The molecule has 0 bridgehead atoms. The minimum atomic E-state index is -0.258. The zero-order valence-corrected chi connectivity index (χ0v) is 8.87. The first-order valence-corrected chi connectivity index (χ1v) is 5.02. The highest BCUT2D eigenvalue weighted by atomic mass is 16.3. The molecule has 0 amide bonds. The van der Waals surface area contributed by atoms with E-state index in [4.69, 9.17) is 0 Å². The molecule has 0 unspecified atom stereocenters. The number of phenolic OH excluding ortho intramolecular Hbond substituents is 2. The minimum absolute atomic E-state index is 0.0272. The maximum atomic E-state index is 11.7. The Labute approximate surface area is 88.4 Å². The van der Waals surface area contributed by atoms with Crippen LogP contribution in [0.1, 0.15) is 42.6 Å². The summed E-state index contributed by atoms with van der Waals surface area (Å²) < 4.78 is 0. The molecule has 0 heterocycles. The van der Waals surface area contributed by atoms with E-state index in [0.29, 0.717) is 24.0 Å². The van der Waals surface area contributed by atoms with Gasteiger partial charge in [0.25, 0.3) is 0 Å². The fourth-order valence-corrected chi connectivity index (χ4v) is 2.22. The molecule has 0 aliphatic heterocycles. The minimum Gasteiger partial charge on any atom is -0.508 e. The molecule has 0 spiro atoms. The van der Waals surface area contributed by atoms with Crippen molar-refractivity contribution in [2.45, 2.75) is 32.1 Å². The summed E-state index contributed by atoms with van der Waals surface area (Å²) >= 11 is 0. The van der Waals surface area contributed by atoms with E-state index in [1.54, 1.807) is 0 Å². The predicted molar refractivity (Wildman–Crippen MR) is 56.4 cm³/mol. The van der Waals surface area contributed by atoms with E-state index in [-0.39, 0.29) is 22.7 Å². The number of carbonyl (C=O) groups excluding carboxylic acids is 1. The van der Waals surface area contributed by atoms with E-state index >= 15 is 0 Å². The quantitative estimate of drug-likeness (QED) is 0.640. The number of Topliss-reactive ketones (excluding diaryl/α,β-unsaturated/α-hetero) is 1. The molecule has 3 nitrogen and oxygen atoms in total. The number of benzene rings is 1. The SMILES string of the molecule is CC1(C)CCC(=O)c2c(O)ccc(O)c21. The Kier molecular flexibility index (Phi) is 2.00. The van der Waals surface area contributed by atoms with Gasteiger partial charge in [-0.25, -0.2) is 0 Å². The van der Waals surface area contributed by atoms with E-state index in [0.717, 1.165) is 0 Å². The number of hydrogen-bond donors (Lipinski definition) is 2. The molecule has 0 saturated carbocycles. The van der Waals surface area contributed by atoms with Gasteiger partial charge >= 0.3 is 0 Å².